The zero-order valence-electron chi connectivity index (χ0n) is 8.69. The van der Waals surface area contributed by atoms with Gasteiger partial charge in [0.25, 0.3) is 0 Å². The van der Waals surface area contributed by atoms with Crippen molar-refractivity contribution in [1.82, 2.24) is 10.2 Å². The summed E-state index contributed by atoms with van der Waals surface area (Å²) in [4.78, 5) is 2.21. The van der Waals surface area contributed by atoms with Crippen molar-refractivity contribution in [3.63, 3.8) is 0 Å². The number of anilines is 1. The first-order valence-corrected chi connectivity index (χ1v) is 6.14. The largest absolute Gasteiger partial charge is 0.374 e. The van der Waals surface area contributed by atoms with E-state index in [0.29, 0.717) is 0 Å². The van der Waals surface area contributed by atoms with Gasteiger partial charge in [-0.05, 0) is 19.1 Å². The van der Waals surface area contributed by atoms with Gasteiger partial charge in [0, 0.05) is 18.4 Å². The molecule has 1 atom stereocenters. The van der Waals surface area contributed by atoms with E-state index in [4.69, 9.17) is 4.74 Å². The highest BCUT2D eigenvalue weighted by molar-refractivity contribution is 9.09. The van der Waals surface area contributed by atoms with Crippen LogP contribution in [0.15, 0.2) is 12.1 Å². The average Bonchev–Trinajstić information content (AvgIpc) is 2.30. The molecule has 15 heavy (non-hydrogen) atoms. The van der Waals surface area contributed by atoms with E-state index >= 15 is 0 Å². The molecule has 2 rings (SSSR count). The number of hydrogen-bond acceptors (Lipinski definition) is 4. The topological polar surface area (TPSA) is 38.2 Å². The summed E-state index contributed by atoms with van der Waals surface area (Å²) in [5.41, 5.74) is 0.948. The number of aryl methyl sites for hydroxylation is 1. The van der Waals surface area contributed by atoms with Gasteiger partial charge in [0.2, 0.25) is 0 Å². The Balaban J connectivity index is 2.06. The number of rotatable bonds is 2. The Kier molecular flexibility index (Phi) is 3.53. The molecule has 0 aliphatic carbocycles. The molecule has 82 valence electrons. The SMILES string of the molecule is Cc1ccc(N2CCOC(CBr)C2)nn1. The first-order valence-electron chi connectivity index (χ1n) is 5.02. The minimum absolute atomic E-state index is 0.252. The molecule has 2 heterocycles. The zero-order chi connectivity index (χ0) is 10.7. The van der Waals surface area contributed by atoms with E-state index in [2.05, 4.69) is 31.0 Å². The van der Waals surface area contributed by atoms with Gasteiger partial charge in [0.15, 0.2) is 5.82 Å². The van der Waals surface area contributed by atoms with E-state index in [0.717, 1.165) is 36.5 Å². The second kappa shape index (κ2) is 4.90. The number of alkyl halides is 1. The monoisotopic (exact) mass is 271 g/mol. The lowest BCUT2D eigenvalue weighted by molar-refractivity contribution is 0.0567. The second-order valence-electron chi connectivity index (χ2n) is 3.63. The average molecular weight is 272 g/mol. The smallest absolute Gasteiger partial charge is 0.151 e. The lowest BCUT2D eigenvalue weighted by Gasteiger charge is -2.32. The maximum absolute atomic E-state index is 5.57. The molecule has 1 unspecified atom stereocenters. The molecule has 0 N–H and O–H groups in total. The minimum Gasteiger partial charge on any atom is -0.374 e. The number of nitrogens with zero attached hydrogens (tertiary/aromatic N) is 3. The number of aromatic nitrogens is 2. The van der Waals surface area contributed by atoms with Crippen LogP contribution in [0.5, 0.6) is 0 Å². The van der Waals surface area contributed by atoms with Crippen LogP contribution in [0.3, 0.4) is 0 Å². The third-order valence-corrected chi connectivity index (χ3v) is 3.14. The highest BCUT2D eigenvalue weighted by Crippen LogP contribution is 2.15. The number of halogens is 1. The van der Waals surface area contributed by atoms with E-state index in [1.165, 1.54) is 0 Å². The lowest BCUT2D eigenvalue weighted by atomic mass is 10.3. The normalized spacial score (nSPS) is 21.7. The maximum Gasteiger partial charge on any atom is 0.151 e. The Hall–Kier alpha value is -0.680. The molecule has 1 aromatic heterocycles. The summed E-state index contributed by atoms with van der Waals surface area (Å²) in [6.45, 7) is 4.47. The molecule has 1 aliphatic heterocycles. The van der Waals surface area contributed by atoms with Gasteiger partial charge < -0.3 is 9.64 Å². The Bertz CT molecular complexity index is 317. The third-order valence-electron chi connectivity index (χ3n) is 2.42. The summed E-state index contributed by atoms with van der Waals surface area (Å²) in [6, 6.07) is 4.00. The molecular weight excluding hydrogens is 258 g/mol. The van der Waals surface area contributed by atoms with Gasteiger partial charge >= 0.3 is 0 Å². The zero-order valence-corrected chi connectivity index (χ0v) is 10.3. The van der Waals surface area contributed by atoms with Gasteiger partial charge in [-0.1, -0.05) is 15.9 Å². The van der Waals surface area contributed by atoms with Gasteiger partial charge in [-0.25, -0.2) is 0 Å². The van der Waals surface area contributed by atoms with Crippen molar-refractivity contribution in [2.75, 3.05) is 29.9 Å². The Morgan fingerprint density at radius 2 is 2.40 bits per heavy atom. The summed E-state index contributed by atoms with van der Waals surface area (Å²) < 4.78 is 5.57. The van der Waals surface area contributed by atoms with Crippen molar-refractivity contribution in [3.05, 3.63) is 17.8 Å². The first kappa shape index (κ1) is 10.8. The second-order valence-corrected chi connectivity index (χ2v) is 4.27. The van der Waals surface area contributed by atoms with Crippen LogP contribution < -0.4 is 4.90 Å². The van der Waals surface area contributed by atoms with Crippen LogP contribution in [0.2, 0.25) is 0 Å². The van der Waals surface area contributed by atoms with Crippen LogP contribution in [0, 0.1) is 6.92 Å². The van der Waals surface area contributed by atoms with Crippen molar-refractivity contribution in [3.8, 4) is 0 Å². The maximum atomic E-state index is 5.57. The van der Waals surface area contributed by atoms with Crippen molar-refractivity contribution in [1.29, 1.82) is 0 Å². The van der Waals surface area contributed by atoms with Crippen LogP contribution in [0.1, 0.15) is 5.69 Å². The van der Waals surface area contributed by atoms with Crippen molar-refractivity contribution >= 4 is 21.7 Å². The fourth-order valence-electron chi connectivity index (χ4n) is 1.58. The quantitative estimate of drug-likeness (QED) is 0.762. The molecule has 0 aromatic carbocycles. The van der Waals surface area contributed by atoms with E-state index < -0.39 is 0 Å². The fourth-order valence-corrected chi connectivity index (χ4v) is 1.97. The molecule has 1 aliphatic rings. The van der Waals surface area contributed by atoms with Crippen LogP contribution in [-0.4, -0.2) is 41.3 Å². The summed E-state index contributed by atoms with van der Waals surface area (Å²) in [6.07, 6.45) is 0.252. The van der Waals surface area contributed by atoms with Crippen molar-refractivity contribution in [2.24, 2.45) is 0 Å². The highest BCUT2D eigenvalue weighted by Gasteiger charge is 2.20. The summed E-state index contributed by atoms with van der Waals surface area (Å²) >= 11 is 3.43. The molecule has 0 amide bonds. The molecule has 0 bridgehead atoms. The Morgan fingerprint density at radius 1 is 1.53 bits per heavy atom. The summed E-state index contributed by atoms with van der Waals surface area (Å²) in [5.74, 6) is 0.940. The molecule has 4 nitrogen and oxygen atoms in total. The predicted octanol–water partition coefficient (Wildman–Crippen LogP) is 1.39. The molecular formula is C10H14BrN3O. The lowest BCUT2D eigenvalue weighted by Crippen LogP contribution is -2.43. The van der Waals surface area contributed by atoms with Gasteiger partial charge in [-0.3, -0.25) is 0 Å². The minimum atomic E-state index is 0.252. The summed E-state index contributed by atoms with van der Waals surface area (Å²) in [7, 11) is 0. The van der Waals surface area contributed by atoms with E-state index in [1.54, 1.807) is 0 Å². The standard InChI is InChI=1S/C10H14BrN3O/c1-8-2-3-10(13-12-8)14-4-5-15-9(6-11)7-14/h2-3,9H,4-7H2,1H3. The van der Waals surface area contributed by atoms with E-state index in [-0.39, 0.29) is 6.10 Å². The van der Waals surface area contributed by atoms with Gasteiger partial charge in [-0.15, -0.1) is 5.10 Å². The number of morpholine rings is 1. The number of ether oxygens (including phenoxy) is 1. The van der Waals surface area contributed by atoms with Crippen LogP contribution in [0.25, 0.3) is 0 Å². The van der Waals surface area contributed by atoms with Gasteiger partial charge in [0.1, 0.15) is 0 Å². The highest BCUT2D eigenvalue weighted by atomic mass is 79.9. The van der Waals surface area contributed by atoms with E-state index in [1.807, 2.05) is 19.1 Å². The van der Waals surface area contributed by atoms with Crippen LogP contribution in [-0.2, 0) is 4.74 Å². The van der Waals surface area contributed by atoms with Gasteiger partial charge in [0.05, 0.1) is 18.4 Å². The van der Waals surface area contributed by atoms with Gasteiger partial charge in [-0.2, -0.15) is 5.10 Å². The Morgan fingerprint density at radius 3 is 3.07 bits per heavy atom. The number of hydrogen-bond donors (Lipinski definition) is 0. The van der Waals surface area contributed by atoms with Crippen LogP contribution in [0.4, 0.5) is 5.82 Å². The molecule has 1 saturated heterocycles. The fraction of sp³-hybridized carbons (Fsp3) is 0.600. The third kappa shape index (κ3) is 2.66. The molecule has 1 aromatic rings. The molecule has 0 spiro atoms. The molecule has 0 radical (unpaired) electrons. The van der Waals surface area contributed by atoms with E-state index in [9.17, 15) is 0 Å². The summed E-state index contributed by atoms with van der Waals surface area (Å²) in [5, 5.41) is 9.10. The molecule has 0 saturated carbocycles. The van der Waals surface area contributed by atoms with Crippen molar-refractivity contribution < 1.29 is 4.74 Å². The van der Waals surface area contributed by atoms with Crippen LogP contribution >= 0.6 is 15.9 Å². The molecule has 1 fully saturated rings. The predicted molar refractivity (Wildman–Crippen MR) is 62.5 cm³/mol. The van der Waals surface area contributed by atoms with Crippen molar-refractivity contribution in [2.45, 2.75) is 13.0 Å². The molecule has 5 heteroatoms. The first-order chi connectivity index (χ1) is 7.29. The Labute approximate surface area is 97.8 Å².